The molecule has 0 fully saturated rings. The van der Waals surface area contributed by atoms with E-state index < -0.39 is 22.3 Å². The Bertz CT molecular complexity index is 1330. The average Bonchev–Trinajstić information content (AvgIpc) is 3.22. The number of nitrogens with zero attached hydrogens (tertiary/aromatic N) is 6. The Labute approximate surface area is 166 Å². The summed E-state index contributed by atoms with van der Waals surface area (Å²) in [5.41, 5.74) is 1.64. The number of hydrogen-bond acceptors (Lipinski definition) is 8. The molecule has 2 aromatic heterocycles. The van der Waals surface area contributed by atoms with E-state index in [0.29, 0.717) is 22.4 Å². The first kappa shape index (κ1) is 17.6. The number of H-pyrrole nitrogens is 1. The molecule has 1 aliphatic heterocycles. The number of benzene rings is 2. The molecule has 12 heteroatoms. The minimum atomic E-state index is -0.693. The van der Waals surface area contributed by atoms with Gasteiger partial charge in [-0.2, -0.15) is 9.78 Å². The summed E-state index contributed by atoms with van der Waals surface area (Å²) in [6.07, 6.45) is 0. The zero-order chi connectivity index (χ0) is 20.8. The van der Waals surface area contributed by atoms with E-state index in [4.69, 9.17) is 0 Å². The molecule has 1 aliphatic rings. The number of hydrogen-bond donors (Lipinski definition) is 2. The van der Waals surface area contributed by atoms with Gasteiger partial charge in [0, 0.05) is 23.3 Å². The minimum Gasteiger partial charge on any atom is -0.318 e. The fourth-order valence-corrected chi connectivity index (χ4v) is 3.45. The number of fused-ring (bicyclic) bond motifs is 2. The Kier molecular flexibility index (Phi) is 3.84. The van der Waals surface area contributed by atoms with Gasteiger partial charge in [0.25, 0.3) is 11.2 Å². The lowest BCUT2D eigenvalue weighted by molar-refractivity contribution is -0.384. The van der Waals surface area contributed by atoms with Crippen LogP contribution in [0, 0.1) is 15.9 Å². The number of non-ortho nitro benzene ring substituents is 1. The second-order valence-electron chi connectivity index (χ2n) is 6.52. The van der Waals surface area contributed by atoms with E-state index in [1.54, 1.807) is 12.1 Å². The quantitative estimate of drug-likeness (QED) is 0.343. The van der Waals surface area contributed by atoms with Crippen LogP contribution in [-0.4, -0.2) is 35.3 Å². The van der Waals surface area contributed by atoms with E-state index >= 15 is 0 Å². The normalized spacial score (nSPS) is 14.5. The molecular formula is C18H11FN8O3. The SMILES string of the molecule is O=c1[nH]nc(-c2ccc(F)cc2)c2c1Nc1nnnn1C2c1ccc([N+](=O)[O-])cc1. The van der Waals surface area contributed by atoms with Gasteiger partial charge in [0.15, 0.2) is 0 Å². The van der Waals surface area contributed by atoms with E-state index in [1.807, 2.05) is 0 Å². The van der Waals surface area contributed by atoms with Crippen LogP contribution < -0.4 is 10.9 Å². The monoisotopic (exact) mass is 406 g/mol. The molecule has 3 heterocycles. The van der Waals surface area contributed by atoms with Crippen LogP contribution in [0.5, 0.6) is 0 Å². The van der Waals surface area contributed by atoms with Gasteiger partial charge in [-0.15, -0.1) is 0 Å². The second-order valence-corrected chi connectivity index (χ2v) is 6.52. The van der Waals surface area contributed by atoms with Crippen molar-refractivity contribution >= 4 is 17.3 Å². The maximum absolute atomic E-state index is 13.4. The largest absolute Gasteiger partial charge is 0.318 e. The van der Waals surface area contributed by atoms with Gasteiger partial charge >= 0.3 is 0 Å². The molecule has 1 atom stereocenters. The van der Waals surface area contributed by atoms with Crippen LogP contribution in [0.25, 0.3) is 11.3 Å². The molecule has 148 valence electrons. The number of nitrogens with one attached hydrogen (secondary N) is 2. The van der Waals surface area contributed by atoms with Crippen molar-refractivity contribution in [3.05, 3.63) is 85.9 Å². The van der Waals surface area contributed by atoms with Crippen molar-refractivity contribution in [1.82, 2.24) is 30.4 Å². The van der Waals surface area contributed by atoms with Crippen molar-refractivity contribution in [3.8, 4) is 11.3 Å². The fourth-order valence-electron chi connectivity index (χ4n) is 3.45. The molecule has 4 aromatic rings. The van der Waals surface area contributed by atoms with Gasteiger partial charge in [0.2, 0.25) is 5.95 Å². The Morgan fingerprint density at radius 2 is 1.83 bits per heavy atom. The van der Waals surface area contributed by atoms with Crippen LogP contribution in [0.15, 0.2) is 53.3 Å². The predicted molar refractivity (Wildman–Crippen MR) is 102 cm³/mol. The van der Waals surface area contributed by atoms with Crippen molar-refractivity contribution in [2.45, 2.75) is 6.04 Å². The standard InChI is InChI=1S/C18H11FN8O3/c19-11-5-1-9(2-6-11)14-13-15(17(28)22-21-14)20-18-23-24-25-26(18)16(13)10-3-7-12(8-4-10)27(29)30/h1-8,16H,(H,22,28)(H,20,23,25). The maximum Gasteiger partial charge on any atom is 0.288 e. The van der Waals surface area contributed by atoms with E-state index in [-0.39, 0.29) is 17.3 Å². The number of aromatic nitrogens is 6. The summed E-state index contributed by atoms with van der Waals surface area (Å²) in [6, 6.07) is 10.8. The highest BCUT2D eigenvalue weighted by Crippen LogP contribution is 2.41. The van der Waals surface area contributed by atoms with E-state index in [1.165, 1.54) is 41.1 Å². The molecule has 0 amide bonds. The maximum atomic E-state index is 13.4. The van der Waals surface area contributed by atoms with Crippen molar-refractivity contribution in [3.63, 3.8) is 0 Å². The molecule has 0 spiro atoms. The molecule has 0 saturated heterocycles. The summed E-state index contributed by atoms with van der Waals surface area (Å²) in [5, 5.41) is 32.1. The van der Waals surface area contributed by atoms with Crippen LogP contribution in [-0.2, 0) is 0 Å². The third kappa shape index (κ3) is 2.70. The molecule has 11 nitrogen and oxygen atoms in total. The summed E-state index contributed by atoms with van der Waals surface area (Å²) in [7, 11) is 0. The van der Waals surface area contributed by atoms with Crippen molar-refractivity contribution in [1.29, 1.82) is 0 Å². The van der Waals surface area contributed by atoms with Crippen molar-refractivity contribution in [2.24, 2.45) is 0 Å². The van der Waals surface area contributed by atoms with Gasteiger partial charge in [-0.1, -0.05) is 5.10 Å². The highest BCUT2D eigenvalue weighted by Gasteiger charge is 2.34. The summed E-state index contributed by atoms with van der Waals surface area (Å²) in [4.78, 5) is 23.1. The molecule has 1 unspecified atom stereocenters. The number of nitro groups is 1. The summed E-state index contributed by atoms with van der Waals surface area (Å²) < 4.78 is 14.9. The first-order chi connectivity index (χ1) is 14.5. The van der Waals surface area contributed by atoms with Crippen LogP contribution >= 0.6 is 0 Å². The van der Waals surface area contributed by atoms with E-state index in [2.05, 4.69) is 31.0 Å². The summed E-state index contributed by atoms with van der Waals surface area (Å²) >= 11 is 0. The van der Waals surface area contributed by atoms with Gasteiger partial charge in [0.05, 0.1) is 10.6 Å². The topological polar surface area (TPSA) is 145 Å². The lowest BCUT2D eigenvalue weighted by Crippen LogP contribution is -2.29. The first-order valence-electron chi connectivity index (χ1n) is 8.70. The molecule has 5 rings (SSSR count). The molecule has 0 aliphatic carbocycles. The highest BCUT2D eigenvalue weighted by molar-refractivity contribution is 5.75. The van der Waals surface area contributed by atoms with Gasteiger partial charge < -0.3 is 5.32 Å². The van der Waals surface area contributed by atoms with Crippen molar-refractivity contribution in [2.75, 3.05) is 5.32 Å². The van der Waals surface area contributed by atoms with Crippen molar-refractivity contribution < 1.29 is 9.31 Å². The number of nitro benzene ring substituents is 1. The number of rotatable bonds is 3. The molecule has 0 saturated carbocycles. The summed E-state index contributed by atoms with van der Waals surface area (Å²) in [6.45, 7) is 0. The number of aromatic amines is 1. The minimum absolute atomic E-state index is 0.0763. The lowest BCUT2D eigenvalue weighted by atomic mass is 9.92. The van der Waals surface area contributed by atoms with Gasteiger partial charge in [-0.25, -0.2) is 9.49 Å². The Morgan fingerprint density at radius 1 is 1.10 bits per heavy atom. The molecule has 0 bridgehead atoms. The van der Waals surface area contributed by atoms with Gasteiger partial charge in [-0.3, -0.25) is 14.9 Å². The van der Waals surface area contributed by atoms with Crippen LogP contribution in [0.3, 0.4) is 0 Å². The molecule has 0 radical (unpaired) electrons. The highest BCUT2D eigenvalue weighted by atomic mass is 19.1. The Balaban J connectivity index is 1.77. The van der Waals surface area contributed by atoms with Gasteiger partial charge in [-0.05, 0) is 52.4 Å². The Morgan fingerprint density at radius 3 is 2.53 bits per heavy atom. The molecule has 30 heavy (non-hydrogen) atoms. The molecule has 2 aromatic carbocycles. The third-order valence-electron chi connectivity index (χ3n) is 4.81. The van der Waals surface area contributed by atoms with E-state index in [9.17, 15) is 19.3 Å². The number of halogens is 1. The second kappa shape index (κ2) is 6.55. The molecular weight excluding hydrogens is 395 g/mol. The average molecular weight is 406 g/mol. The van der Waals surface area contributed by atoms with Crippen LogP contribution in [0.4, 0.5) is 21.7 Å². The lowest BCUT2D eigenvalue weighted by Gasteiger charge is -2.27. The third-order valence-corrected chi connectivity index (χ3v) is 4.81. The zero-order valence-electron chi connectivity index (χ0n) is 15.0. The van der Waals surface area contributed by atoms with Crippen LogP contribution in [0.1, 0.15) is 17.2 Å². The fraction of sp³-hybridized carbons (Fsp3) is 0.0556. The summed E-state index contributed by atoms with van der Waals surface area (Å²) in [5.74, 6) is -0.183. The van der Waals surface area contributed by atoms with E-state index in [0.717, 1.165) is 0 Å². The van der Waals surface area contributed by atoms with Gasteiger partial charge in [0.1, 0.15) is 17.5 Å². The smallest absolute Gasteiger partial charge is 0.288 e. The number of anilines is 2. The Hall–Kier alpha value is -4.48. The number of tetrazole rings is 1. The zero-order valence-corrected chi connectivity index (χ0v) is 15.0. The first-order valence-corrected chi connectivity index (χ1v) is 8.70. The predicted octanol–water partition coefficient (Wildman–Crippen LogP) is 2.17. The molecule has 2 N–H and O–H groups in total. The van der Waals surface area contributed by atoms with Crippen LogP contribution in [0.2, 0.25) is 0 Å².